The molecule has 1 amide bonds. The molecule has 0 bridgehead atoms. The Morgan fingerprint density at radius 1 is 1.48 bits per heavy atom. The van der Waals surface area contributed by atoms with Gasteiger partial charge in [0.25, 0.3) is 5.56 Å². The molecule has 0 fully saturated rings. The molecule has 2 heterocycles. The zero-order valence-electron chi connectivity index (χ0n) is 13.1. The Labute approximate surface area is 136 Å². The third-order valence-corrected chi connectivity index (χ3v) is 3.71. The van der Waals surface area contributed by atoms with Gasteiger partial charge in [0.1, 0.15) is 5.76 Å². The molecular formula is C14H18N4O4S. The number of amides is 1. The number of carbonyl (C=O) groups is 1. The summed E-state index contributed by atoms with van der Waals surface area (Å²) < 4.78 is 6.31. The minimum Gasteiger partial charge on any atom is -0.493 e. The van der Waals surface area contributed by atoms with Gasteiger partial charge in [0, 0.05) is 12.6 Å². The molecule has 8 nitrogen and oxygen atoms in total. The average Bonchev–Trinajstić information content (AvgIpc) is 2.84. The van der Waals surface area contributed by atoms with Crippen LogP contribution in [0, 0.1) is 12.8 Å². The Hall–Kier alpha value is -2.29. The minimum atomic E-state index is -0.356. The smallest absolute Gasteiger partial charge is 0.257 e. The van der Waals surface area contributed by atoms with Gasteiger partial charge in [-0.15, -0.1) is 0 Å². The highest BCUT2D eigenvalue weighted by molar-refractivity contribution is 7.99. The van der Waals surface area contributed by atoms with Gasteiger partial charge in [0.05, 0.1) is 11.8 Å². The van der Waals surface area contributed by atoms with Crippen LogP contribution in [0.25, 0.3) is 0 Å². The first-order valence-electron chi connectivity index (χ1n) is 7.02. The van der Waals surface area contributed by atoms with E-state index in [9.17, 15) is 14.7 Å². The van der Waals surface area contributed by atoms with E-state index >= 15 is 0 Å². The normalized spacial score (nSPS) is 11.0. The highest BCUT2D eigenvalue weighted by Gasteiger charge is 2.13. The molecule has 0 aliphatic rings. The van der Waals surface area contributed by atoms with Gasteiger partial charge in [0.2, 0.25) is 11.8 Å². The molecular weight excluding hydrogens is 320 g/mol. The number of rotatable bonds is 6. The van der Waals surface area contributed by atoms with Gasteiger partial charge in [0.15, 0.2) is 11.0 Å². The van der Waals surface area contributed by atoms with E-state index in [0.717, 1.165) is 17.8 Å². The van der Waals surface area contributed by atoms with Crippen molar-refractivity contribution in [2.24, 2.45) is 5.92 Å². The number of nitrogens with one attached hydrogen (secondary N) is 1. The second-order valence-electron chi connectivity index (χ2n) is 5.40. The lowest BCUT2D eigenvalue weighted by Gasteiger charge is -2.13. The summed E-state index contributed by atoms with van der Waals surface area (Å²) in [7, 11) is 0. The number of carbonyl (C=O) groups excluding carboxylic acids is 1. The van der Waals surface area contributed by atoms with Gasteiger partial charge < -0.3 is 14.9 Å². The summed E-state index contributed by atoms with van der Waals surface area (Å²) in [6.07, 6.45) is 0. The van der Waals surface area contributed by atoms with Crippen molar-refractivity contribution in [1.29, 1.82) is 0 Å². The zero-order valence-corrected chi connectivity index (χ0v) is 13.9. The maximum absolute atomic E-state index is 12.0. The number of aromatic nitrogens is 3. The van der Waals surface area contributed by atoms with Crippen LogP contribution in [0.15, 0.2) is 26.6 Å². The number of aromatic hydroxyl groups is 1. The van der Waals surface area contributed by atoms with E-state index < -0.39 is 0 Å². The van der Waals surface area contributed by atoms with Crippen molar-refractivity contribution in [3.8, 4) is 5.88 Å². The third kappa shape index (κ3) is 4.85. The molecule has 0 spiro atoms. The number of thioether (sulfide) groups is 1. The Morgan fingerprint density at radius 3 is 2.83 bits per heavy atom. The van der Waals surface area contributed by atoms with E-state index in [-0.39, 0.29) is 29.0 Å². The van der Waals surface area contributed by atoms with Crippen LogP contribution in [0.4, 0.5) is 5.82 Å². The number of aryl methyl sites for hydroxylation is 1. The van der Waals surface area contributed by atoms with Crippen molar-refractivity contribution in [1.82, 2.24) is 14.7 Å². The first kappa shape index (κ1) is 17.1. The molecule has 23 heavy (non-hydrogen) atoms. The fourth-order valence-corrected chi connectivity index (χ4v) is 2.66. The predicted octanol–water partition coefficient (Wildman–Crippen LogP) is 1.63. The molecule has 0 aromatic carbocycles. The molecule has 0 aliphatic heterocycles. The second kappa shape index (κ2) is 7.32. The first-order chi connectivity index (χ1) is 10.8. The van der Waals surface area contributed by atoms with E-state index in [1.165, 1.54) is 4.57 Å². The lowest BCUT2D eigenvalue weighted by Crippen LogP contribution is -2.25. The fraction of sp³-hybridized carbons (Fsp3) is 0.429. The summed E-state index contributed by atoms with van der Waals surface area (Å²) in [4.78, 5) is 27.8. The molecule has 0 saturated heterocycles. The Bertz CT molecular complexity index is 753. The van der Waals surface area contributed by atoms with Crippen LogP contribution in [0.3, 0.4) is 0 Å². The molecule has 124 valence electrons. The topological polar surface area (TPSA) is 110 Å². The number of hydrogen-bond acceptors (Lipinski definition) is 7. The van der Waals surface area contributed by atoms with Gasteiger partial charge in [-0.25, -0.2) is 0 Å². The molecule has 0 saturated carbocycles. The maximum Gasteiger partial charge on any atom is 0.257 e. The molecule has 9 heteroatoms. The lowest BCUT2D eigenvalue weighted by atomic mass is 10.2. The van der Waals surface area contributed by atoms with E-state index in [1.54, 1.807) is 13.0 Å². The summed E-state index contributed by atoms with van der Waals surface area (Å²) >= 11 is 1.07. The highest BCUT2D eigenvalue weighted by atomic mass is 32.2. The molecule has 2 N–H and O–H groups in total. The third-order valence-electron chi connectivity index (χ3n) is 2.74. The second-order valence-corrected chi connectivity index (χ2v) is 6.34. The molecule has 0 radical (unpaired) electrons. The van der Waals surface area contributed by atoms with Crippen LogP contribution in [0.5, 0.6) is 5.88 Å². The van der Waals surface area contributed by atoms with Crippen molar-refractivity contribution in [3.05, 3.63) is 28.2 Å². The van der Waals surface area contributed by atoms with Gasteiger partial charge in [-0.1, -0.05) is 30.8 Å². The number of nitrogens with zero attached hydrogens (tertiary/aromatic N) is 3. The van der Waals surface area contributed by atoms with Crippen LogP contribution in [-0.4, -0.2) is 31.5 Å². The Balaban J connectivity index is 2.07. The average molecular weight is 338 g/mol. The SMILES string of the molecule is Cc1cc(NC(=O)CSc2nc(O)cc(=O)n2CC(C)C)no1. The zero-order chi connectivity index (χ0) is 17.0. The molecule has 0 unspecified atom stereocenters. The largest absolute Gasteiger partial charge is 0.493 e. The monoisotopic (exact) mass is 338 g/mol. The van der Waals surface area contributed by atoms with E-state index in [2.05, 4.69) is 15.5 Å². The van der Waals surface area contributed by atoms with Gasteiger partial charge in [-0.3, -0.25) is 14.2 Å². The van der Waals surface area contributed by atoms with Gasteiger partial charge in [-0.2, -0.15) is 4.98 Å². The highest BCUT2D eigenvalue weighted by Crippen LogP contribution is 2.18. The standard InChI is InChI=1S/C14H18N4O4S/c1-8(2)6-18-13(21)5-11(19)16-14(18)23-7-12(20)15-10-4-9(3)22-17-10/h4-5,8,19H,6-7H2,1-3H3,(H,15,17,20). The minimum absolute atomic E-state index is 0.0277. The Morgan fingerprint density at radius 2 is 2.22 bits per heavy atom. The van der Waals surface area contributed by atoms with Crippen molar-refractivity contribution in [2.45, 2.75) is 32.5 Å². The number of hydrogen-bond donors (Lipinski definition) is 2. The van der Waals surface area contributed by atoms with E-state index in [4.69, 9.17) is 4.52 Å². The predicted molar refractivity (Wildman–Crippen MR) is 85.6 cm³/mol. The Kier molecular flexibility index (Phi) is 5.43. The first-order valence-corrected chi connectivity index (χ1v) is 8.00. The van der Waals surface area contributed by atoms with Crippen molar-refractivity contribution in [2.75, 3.05) is 11.1 Å². The maximum atomic E-state index is 12.0. The van der Waals surface area contributed by atoms with Crippen LogP contribution < -0.4 is 10.9 Å². The van der Waals surface area contributed by atoms with E-state index in [0.29, 0.717) is 23.3 Å². The summed E-state index contributed by atoms with van der Waals surface area (Å²) in [5.41, 5.74) is -0.346. The van der Waals surface area contributed by atoms with Crippen LogP contribution in [0.2, 0.25) is 0 Å². The number of anilines is 1. The summed E-state index contributed by atoms with van der Waals surface area (Å²) in [6, 6.07) is 2.66. The quantitative estimate of drug-likeness (QED) is 0.608. The molecule has 2 rings (SSSR count). The lowest BCUT2D eigenvalue weighted by molar-refractivity contribution is -0.113. The summed E-state index contributed by atoms with van der Waals surface area (Å²) in [5.74, 6) is 0.511. The summed E-state index contributed by atoms with van der Waals surface area (Å²) in [5, 5.41) is 16.0. The van der Waals surface area contributed by atoms with E-state index in [1.807, 2.05) is 13.8 Å². The van der Waals surface area contributed by atoms with Gasteiger partial charge in [-0.05, 0) is 12.8 Å². The molecule has 0 aliphatic carbocycles. The van der Waals surface area contributed by atoms with Crippen molar-refractivity contribution in [3.63, 3.8) is 0 Å². The van der Waals surface area contributed by atoms with Crippen LogP contribution in [0.1, 0.15) is 19.6 Å². The van der Waals surface area contributed by atoms with Crippen LogP contribution >= 0.6 is 11.8 Å². The molecule has 2 aromatic rings. The molecule has 0 atom stereocenters. The summed E-state index contributed by atoms with van der Waals surface area (Å²) in [6.45, 7) is 6.11. The fourth-order valence-electron chi connectivity index (χ4n) is 1.85. The van der Waals surface area contributed by atoms with Crippen LogP contribution in [-0.2, 0) is 11.3 Å². The van der Waals surface area contributed by atoms with Crippen molar-refractivity contribution >= 4 is 23.5 Å². The van der Waals surface area contributed by atoms with Gasteiger partial charge >= 0.3 is 0 Å². The van der Waals surface area contributed by atoms with Crippen molar-refractivity contribution < 1.29 is 14.4 Å². The molecule has 2 aromatic heterocycles.